The zero-order valence-electron chi connectivity index (χ0n) is 9.17. The summed E-state index contributed by atoms with van der Waals surface area (Å²) >= 11 is 0. The topological polar surface area (TPSA) is 93.1 Å². The lowest BCUT2D eigenvalue weighted by molar-refractivity contribution is -0.139. The van der Waals surface area contributed by atoms with E-state index in [9.17, 15) is 9.59 Å². The Hall–Kier alpha value is -2.24. The largest absolute Gasteiger partial charge is 0.494 e. The lowest BCUT2D eigenvalue weighted by Gasteiger charge is -2.09. The van der Waals surface area contributed by atoms with Crippen LogP contribution in [0.1, 0.15) is 17.3 Å². The smallest absolute Gasteiger partial charge is 0.341 e. The van der Waals surface area contributed by atoms with Crippen LogP contribution in [0.3, 0.4) is 0 Å². The molecule has 0 aliphatic carbocycles. The monoisotopic (exact) mass is 240 g/mol. The zero-order valence-corrected chi connectivity index (χ0v) is 9.17. The minimum absolute atomic E-state index is 0.0224. The van der Waals surface area contributed by atoms with Gasteiger partial charge in [0.1, 0.15) is 17.1 Å². The molecule has 0 aliphatic rings. The Morgan fingerprint density at radius 2 is 1.94 bits per heavy atom. The van der Waals surface area contributed by atoms with Gasteiger partial charge in [-0.3, -0.25) is 0 Å². The van der Waals surface area contributed by atoms with E-state index in [1.807, 2.05) is 0 Å². The molecule has 0 aliphatic heterocycles. The quantitative estimate of drug-likeness (QED) is 0.777. The summed E-state index contributed by atoms with van der Waals surface area (Å²) in [6.07, 6.45) is 0. The number of benzene rings is 1. The van der Waals surface area contributed by atoms with E-state index in [4.69, 9.17) is 19.7 Å². The Morgan fingerprint density at radius 1 is 1.24 bits per heavy atom. The summed E-state index contributed by atoms with van der Waals surface area (Å²) in [6, 6.07) is 4.15. The molecule has 1 aromatic rings. The van der Waals surface area contributed by atoms with Gasteiger partial charge >= 0.3 is 11.9 Å². The second-order valence-corrected chi connectivity index (χ2v) is 3.08. The molecule has 6 heteroatoms. The van der Waals surface area contributed by atoms with Gasteiger partial charge in [0.25, 0.3) is 0 Å². The fourth-order valence-electron chi connectivity index (χ4n) is 1.19. The molecule has 0 radical (unpaired) electrons. The van der Waals surface area contributed by atoms with Gasteiger partial charge in [0.15, 0.2) is 6.61 Å². The van der Waals surface area contributed by atoms with E-state index in [0.29, 0.717) is 12.4 Å². The third-order valence-corrected chi connectivity index (χ3v) is 1.85. The highest BCUT2D eigenvalue weighted by Crippen LogP contribution is 2.25. The van der Waals surface area contributed by atoms with E-state index in [0.717, 1.165) is 0 Å². The minimum Gasteiger partial charge on any atom is -0.494 e. The molecule has 6 nitrogen and oxygen atoms in total. The van der Waals surface area contributed by atoms with Crippen LogP contribution >= 0.6 is 0 Å². The van der Waals surface area contributed by atoms with Crippen molar-refractivity contribution in [2.24, 2.45) is 0 Å². The molecule has 0 saturated heterocycles. The van der Waals surface area contributed by atoms with Crippen molar-refractivity contribution in [2.75, 3.05) is 13.2 Å². The van der Waals surface area contributed by atoms with Gasteiger partial charge in [0, 0.05) is 6.07 Å². The molecule has 0 atom stereocenters. The average molecular weight is 240 g/mol. The molecule has 0 saturated carbocycles. The van der Waals surface area contributed by atoms with Crippen LogP contribution in [0.25, 0.3) is 0 Å². The van der Waals surface area contributed by atoms with Crippen LogP contribution in [0.5, 0.6) is 11.5 Å². The molecule has 17 heavy (non-hydrogen) atoms. The average Bonchev–Trinajstić information content (AvgIpc) is 2.26. The van der Waals surface area contributed by atoms with E-state index in [1.165, 1.54) is 18.2 Å². The number of ether oxygens (including phenoxy) is 2. The predicted octanol–water partition coefficient (Wildman–Crippen LogP) is 1.25. The highest BCUT2D eigenvalue weighted by atomic mass is 16.5. The Kier molecular flexibility index (Phi) is 4.33. The van der Waals surface area contributed by atoms with E-state index in [-0.39, 0.29) is 11.3 Å². The van der Waals surface area contributed by atoms with Crippen molar-refractivity contribution in [1.82, 2.24) is 0 Å². The minimum atomic E-state index is -1.19. The maximum absolute atomic E-state index is 10.9. The van der Waals surface area contributed by atoms with Crippen LogP contribution in [0.15, 0.2) is 18.2 Å². The van der Waals surface area contributed by atoms with Crippen LogP contribution < -0.4 is 9.47 Å². The molecule has 0 spiro atoms. The van der Waals surface area contributed by atoms with Gasteiger partial charge in [-0.1, -0.05) is 0 Å². The molecule has 0 bridgehead atoms. The summed E-state index contributed by atoms with van der Waals surface area (Å²) in [5, 5.41) is 17.4. The van der Waals surface area contributed by atoms with Gasteiger partial charge in [-0.05, 0) is 19.1 Å². The van der Waals surface area contributed by atoms with Crippen LogP contribution in [0.4, 0.5) is 0 Å². The first-order chi connectivity index (χ1) is 8.04. The molecule has 0 heterocycles. The molecule has 0 amide bonds. The summed E-state index contributed by atoms with van der Waals surface area (Å²) in [4.78, 5) is 21.2. The molecule has 1 rings (SSSR count). The van der Waals surface area contributed by atoms with Crippen LogP contribution in [0, 0.1) is 0 Å². The zero-order chi connectivity index (χ0) is 12.8. The predicted molar refractivity (Wildman–Crippen MR) is 57.7 cm³/mol. The van der Waals surface area contributed by atoms with E-state index in [2.05, 4.69) is 0 Å². The van der Waals surface area contributed by atoms with Crippen molar-refractivity contribution in [3.63, 3.8) is 0 Å². The number of carboxylic acids is 2. The molecule has 0 unspecified atom stereocenters. The maximum atomic E-state index is 10.9. The number of aromatic carboxylic acids is 1. The number of carbonyl (C=O) groups is 2. The summed E-state index contributed by atoms with van der Waals surface area (Å²) < 4.78 is 10.1. The third kappa shape index (κ3) is 3.67. The number of carboxylic acid groups (broad SMARTS) is 2. The van der Waals surface area contributed by atoms with Crippen molar-refractivity contribution in [3.8, 4) is 11.5 Å². The molecule has 2 N–H and O–H groups in total. The number of aliphatic carboxylic acids is 1. The number of rotatable bonds is 6. The van der Waals surface area contributed by atoms with Crippen molar-refractivity contribution in [3.05, 3.63) is 23.8 Å². The molecule has 1 aromatic carbocycles. The van der Waals surface area contributed by atoms with Crippen molar-refractivity contribution < 1.29 is 29.3 Å². The first kappa shape index (κ1) is 12.8. The van der Waals surface area contributed by atoms with Gasteiger partial charge in [-0.15, -0.1) is 0 Å². The maximum Gasteiger partial charge on any atom is 0.341 e. The number of hydrogen-bond donors (Lipinski definition) is 2. The van der Waals surface area contributed by atoms with Gasteiger partial charge in [-0.2, -0.15) is 0 Å². The van der Waals surface area contributed by atoms with E-state index in [1.54, 1.807) is 6.92 Å². The second kappa shape index (κ2) is 5.74. The Balaban J connectivity index is 2.98. The van der Waals surface area contributed by atoms with Gasteiger partial charge < -0.3 is 19.7 Å². The molecule has 0 fully saturated rings. The summed E-state index contributed by atoms with van der Waals surface area (Å²) in [5.74, 6) is -1.96. The first-order valence-corrected chi connectivity index (χ1v) is 4.89. The van der Waals surface area contributed by atoms with E-state index < -0.39 is 18.5 Å². The standard InChI is InChI=1S/C11H12O6/c1-2-16-7-3-4-8(11(14)15)9(5-7)17-6-10(12)13/h3-5H,2,6H2,1H3,(H,12,13)(H,14,15). The van der Waals surface area contributed by atoms with Crippen LogP contribution in [0.2, 0.25) is 0 Å². The summed E-state index contributed by atoms with van der Waals surface area (Å²) in [5.41, 5.74) is -0.102. The van der Waals surface area contributed by atoms with Gasteiger partial charge in [0.2, 0.25) is 0 Å². The first-order valence-electron chi connectivity index (χ1n) is 4.89. The normalized spacial score (nSPS) is 9.71. The Labute approximate surface area is 97.4 Å². The highest BCUT2D eigenvalue weighted by molar-refractivity contribution is 5.91. The van der Waals surface area contributed by atoms with E-state index >= 15 is 0 Å². The highest BCUT2D eigenvalue weighted by Gasteiger charge is 2.13. The fraction of sp³-hybridized carbons (Fsp3) is 0.273. The molecular weight excluding hydrogens is 228 g/mol. The van der Waals surface area contributed by atoms with Crippen molar-refractivity contribution >= 4 is 11.9 Å². The van der Waals surface area contributed by atoms with Gasteiger partial charge in [0.05, 0.1) is 6.61 Å². The lowest BCUT2D eigenvalue weighted by Crippen LogP contribution is -2.12. The molecule has 0 aromatic heterocycles. The summed E-state index contributed by atoms with van der Waals surface area (Å²) in [6.45, 7) is 1.60. The van der Waals surface area contributed by atoms with Crippen molar-refractivity contribution in [1.29, 1.82) is 0 Å². The molecular formula is C11H12O6. The lowest BCUT2D eigenvalue weighted by atomic mass is 10.2. The summed E-state index contributed by atoms with van der Waals surface area (Å²) in [7, 11) is 0. The second-order valence-electron chi connectivity index (χ2n) is 3.08. The van der Waals surface area contributed by atoms with Crippen molar-refractivity contribution in [2.45, 2.75) is 6.92 Å². The van der Waals surface area contributed by atoms with Crippen LogP contribution in [-0.2, 0) is 4.79 Å². The Bertz CT molecular complexity index is 426. The SMILES string of the molecule is CCOc1ccc(C(=O)O)c(OCC(=O)O)c1. The third-order valence-electron chi connectivity index (χ3n) is 1.85. The van der Waals surface area contributed by atoms with Crippen LogP contribution in [-0.4, -0.2) is 35.4 Å². The fourth-order valence-corrected chi connectivity index (χ4v) is 1.19. The Morgan fingerprint density at radius 3 is 2.47 bits per heavy atom. The number of hydrogen-bond acceptors (Lipinski definition) is 4. The van der Waals surface area contributed by atoms with Gasteiger partial charge in [-0.25, -0.2) is 9.59 Å². The molecule has 92 valence electrons.